The normalized spacial score (nSPS) is 21.2. The van der Waals surface area contributed by atoms with Crippen LogP contribution >= 0.6 is 0 Å². The number of imide groups is 1. The Labute approximate surface area is 436 Å². The standard InChI is InChI=1S/C53H60N6O17/c1-4-6-10-32-33-24-58(27-60)37(22-34-29(3)25-71-51(68)53(34,70)5-2)47(33)56-36-23-39-49(74-28-73-39)48(46(32)36)57-52(69)72-26-30-12-13-38(75-45-21-31(61)20-40(76-45)50(66)67)35(19-30)55-42(63)16-17-54-41(62)11-8-7-9-18-59-43(64)14-15-44(59)65/h12-15,19,22-23,27,31,40,45,61,70H,4-11,16-18,20-21,24-26,28H2,1-3H3,(H,54,62)(H,55,63)(H,57,69)(H,66,67)/b37-22-. The lowest BCUT2D eigenvalue weighted by molar-refractivity contribution is -0.195. The molecule has 8 rings (SSSR count). The summed E-state index contributed by atoms with van der Waals surface area (Å²) in [5, 5.41) is 40.3. The van der Waals surface area contributed by atoms with Gasteiger partial charge in [-0.2, -0.15) is 0 Å². The van der Waals surface area contributed by atoms with E-state index in [0.29, 0.717) is 83.1 Å². The number of carboxylic acid groups (broad SMARTS) is 1. The molecule has 0 spiro atoms. The summed E-state index contributed by atoms with van der Waals surface area (Å²) < 4.78 is 34.3. The van der Waals surface area contributed by atoms with E-state index in [-0.39, 0.29) is 118 Å². The Hall–Kier alpha value is -7.89. The number of carbonyl (C=O) groups excluding carboxylic acids is 7. The molecule has 0 radical (unpaired) electrons. The number of anilines is 2. The highest BCUT2D eigenvalue weighted by atomic mass is 16.7. The maximum absolute atomic E-state index is 13.9. The fourth-order valence-corrected chi connectivity index (χ4v) is 9.61. The quantitative estimate of drug-likeness (QED) is 0.0345. The molecule has 1 saturated heterocycles. The van der Waals surface area contributed by atoms with Crippen molar-refractivity contribution in [2.45, 2.75) is 129 Å². The Morgan fingerprint density at radius 3 is 2.49 bits per heavy atom. The minimum atomic E-state index is -1.95. The van der Waals surface area contributed by atoms with E-state index >= 15 is 0 Å². The minimum absolute atomic E-state index is 0.0236. The summed E-state index contributed by atoms with van der Waals surface area (Å²) in [6.07, 6.45) is 3.60. The maximum Gasteiger partial charge on any atom is 0.412 e. The number of hydrogen-bond acceptors (Lipinski definition) is 17. The number of carboxylic acids is 1. The van der Waals surface area contributed by atoms with Gasteiger partial charge in [0.15, 0.2) is 23.2 Å². The average molecular weight is 1050 g/mol. The topological polar surface area (TPSA) is 308 Å². The van der Waals surface area contributed by atoms with Gasteiger partial charge in [0.05, 0.1) is 35.2 Å². The Morgan fingerprint density at radius 1 is 0.961 bits per heavy atom. The largest absolute Gasteiger partial charge is 0.479 e. The van der Waals surface area contributed by atoms with Crippen molar-refractivity contribution in [1.82, 2.24) is 20.1 Å². The highest BCUT2D eigenvalue weighted by Crippen LogP contribution is 2.49. The second kappa shape index (κ2) is 23.8. The summed E-state index contributed by atoms with van der Waals surface area (Å²) in [5.41, 5.74) is 2.31. The fourth-order valence-electron chi connectivity index (χ4n) is 9.61. The lowest BCUT2D eigenvalue weighted by Gasteiger charge is -2.32. The number of nitrogens with one attached hydrogen (secondary N) is 3. The predicted molar refractivity (Wildman–Crippen MR) is 268 cm³/mol. The Morgan fingerprint density at radius 2 is 1.75 bits per heavy atom. The number of aliphatic hydroxyl groups is 2. The van der Waals surface area contributed by atoms with Crippen molar-refractivity contribution in [3.8, 4) is 17.2 Å². The van der Waals surface area contributed by atoms with E-state index < -0.39 is 48.0 Å². The highest BCUT2D eigenvalue weighted by Gasteiger charge is 2.44. The molecular formula is C53H60N6O17. The van der Waals surface area contributed by atoms with Crippen LogP contribution in [0.3, 0.4) is 0 Å². The van der Waals surface area contributed by atoms with Crippen LogP contribution in [0.2, 0.25) is 0 Å². The van der Waals surface area contributed by atoms with Crippen LogP contribution in [0, 0.1) is 0 Å². The number of aryl methyl sites for hydroxylation is 1. The van der Waals surface area contributed by atoms with E-state index in [2.05, 4.69) is 16.0 Å². The van der Waals surface area contributed by atoms with Crippen molar-refractivity contribution in [1.29, 1.82) is 0 Å². The number of fused-ring (bicyclic) bond motifs is 3. The second-order valence-corrected chi connectivity index (χ2v) is 18.9. The lowest BCUT2D eigenvalue weighted by Crippen LogP contribution is -2.45. The van der Waals surface area contributed by atoms with Gasteiger partial charge in [-0.05, 0) is 79.5 Å². The summed E-state index contributed by atoms with van der Waals surface area (Å²) in [6, 6.07) is 6.17. The summed E-state index contributed by atoms with van der Waals surface area (Å²) in [7, 11) is 0. The number of carbonyl (C=O) groups is 8. The van der Waals surface area contributed by atoms with Gasteiger partial charge in [0.1, 0.15) is 24.7 Å². The summed E-state index contributed by atoms with van der Waals surface area (Å²) >= 11 is 0. The maximum atomic E-state index is 13.9. The van der Waals surface area contributed by atoms with Crippen molar-refractivity contribution < 1.29 is 82.1 Å². The molecule has 1 aromatic heterocycles. The highest BCUT2D eigenvalue weighted by molar-refractivity contribution is 6.13. The molecule has 6 heterocycles. The third-order valence-electron chi connectivity index (χ3n) is 13.6. The van der Waals surface area contributed by atoms with Crippen LogP contribution in [0.25, 0.3) is 16.6 Å². The van der Waals surface area contributed by atoms with Gasteiger partial charge in [0.25, 0.3) is 11.8 Å². The number of cyclic esters (lactones) is 1. The molecule has 6 amide bonds. The number of ether oxygens (including phenoxy) is 6. The molecule has 404 valence electrons. The zero-order chi connectivity index (χ0) is 54.3. The first-order chi connectivity index (χ1) is 36.5. The summed E-state index contributed by atoms with van der Waals surface area (Å²) in [6.45, 7) is 5.22. The molecule has 0 bridgehead atoms. The molecule has 0 aliphatic carbocycles. The molecule has 23 heteroatoms. The van der Waals surface area contributed by atoms with E-state index in [1.165, 1.54) is 29.2 Å². The number of pyridine rings is 1. The molecule has 6 N–H and O–H groups in total. The van der Waals surface area contributed by atoms with Crippen molar-refractivity contribution in [3.63, 3.8) is 0 Å². The smallest absolute Gasteiger partial charge is 0.412 e. The van der Waals surface area contributed by atoms with Crippen LogP contribution in [0.1, 0.15) is 107 Å². The molecule has 1 fully saturated rings. The van der Waals surface area contributed by atoms with Gasteiger partial charge in [0, 0.05) is 67.9 Å². The van der Waals surface area contributed by atoms with E-state index in [1.807, 2.05) is 6.92 Å². The first-order valence-corrected chi connectivity index (χ1v) is 25.2. The zero-order valence-corrected chi connectivity index (χ0v) is 42.3. The second-order valence-electron chi connectivity index (χ2n) is 18.9. The molecule has 76 heavy (non-hydrogen) atoms. The number of amides is 6. The van der Waals surface area contributed by atoms with Gasteiger partial charge < -0.3 is 59.3 Å². The Bertz CT molecular complexity index is 2920. The van der Waals surface area contributed by atoms with Crippen LogP contribution in [0.4, 0.5) is 16.2 Å². The molecule has 23 nitrogen and oxygen atoms in total. The predicted octanol–water partition coefficient (Wildman–Crippen LogP) is 4.64. The number of aliphatic hydroxyl groups excluding tert-OH is 1. The molecule has 2 aromatic carbocycles. The van der Waals surface area contributed by atoms with Crippen molar-refractivity contribution in [3.05, 3.63) is 76.0 Å². The van der Waals surface area contributed by atoms with Gasteiger partial charge in [-0.25, -0.2) is 19.4 Å². The SMILES string of the molecule is CCCCc1c2c(nc3cc4c(c(NC(=O)OCc5ccc(OC6CC(O)CC(C(=O)O)O6)c(NC(=O)CCNC(=O)CCCCCN6C(=O)C=CC6=O)c5)c13)OCO4)/C(=C/C1=C(C)COC(=O)C1(O)CC)N(C=O)C2. The number of hydrogen-bond donors (Lipinski definition) is 6. The Kier molecular flexibility index (Phi) is 17.0. The average Bonchev–Trinajstić information content (AvgIpc) is 4.11. The molecule has 4 unspecified atom stereocenters. The van der Waals surface area contributed by atoms with Crippen LogP contribution < -0.4 is 30.2 Å². The van der Waals surface area contributed by atoms with E-state index in [0.717, 1.165) is 16.9 Å². The molecule has 5 aliphatic heterocycles. The van der Waals surface area contributed by atoms with Crippen LogP contribution in [-0.2, 0) is 67.3 Å². The molecular weight excluding hydrogens is 993 g/mol. The number of esters is 1. The number of benzene rings is 2. The number of nitrogens with zero attached hydrogens (tertiary/aromatic N) is 3. The molecule has 5 aliphatic rings. The van der Waals surface area contributed by atoms with Crippen molar-refractivity contribution >= 4 is 76.0 Å². The number of aliphatic carboxylic acids is 1. The zero-order valence-electron chi connectivity index (χ0n) is 42.3. The van der Waals surface area contributed by atoms with Gasteiger partial charge in [-0.3, -0.25) is 34.2 Å². The lowest BCUT2D eigenvalue weighted by atomic mass is 9.85. The summed E-state index contributed by atoms with van der Waals surface area (Å²) in [4.78, 5) is 108. The fraction of sp³-hybridized carbons (Fsp3) is 0.453. The van der Waals surface area contributed by atoms with Crippen LogP contribution in [0.5, 0.6) is 17.2 Å². The number of aromatic nitrogens is 1. The monoisotopic (exact) mass is 1050 g/mol. The first-order valence-electron chi connectivity index (χ1n) is 25.2. The van der Waals surface area contributed by atoms with Crippen molar-refractivity contribution in [2.75, 3.05) is 37.1 Å². The van der Waals surface area contributed by atoms with Crippen molar-refractivity contribution in [2.24, 2.45) is 0 Å². The van der Waals surface area contributed by atoms with Crippen LogP contribution in [-0.4, -0.2) is 129 Å². The van der Waals surface area contributed by atoms with E-state index in [9.17, 15) is 53.7 Å². The minimum Gasteiger partial charge on any atom is -0.479 e. The number of rotatable bonds is 22. The molecule has 3 aromatic rings. The van der Waals surface area contributed by atoms with E-state index in [1.54, 1.807) is 32.1 Å². The third-order valence-corrected chi connectivity index (χ3v) is 13.6. The van der Waals surface area contributed by atoms with Gasteiger partial charge in [-0.1, -0.05) is 32.8 Å². The van der Waals surface area contributed by atoms with Gasteiger partial charge in [0.2, 0.25) is 31.3 Å². The molecule has 0 saturated carbocycles. The molecule has 4 atom stereocenters. The van der Waals surface area contributed by atoms with Crippen LogP contribution in [0.15, 0.2) is 53.6 Å². The number of unbranched alkanes of at least 4 members (excludes halogenated alkanes) is 3. The Balaban J connectivity index is 0.994. The third kappa shape index (κ3) is 12.0. The first kappa shape index (κ1) is 54.4. The van der Waals surface area contributed by atoms with Gasteiger partial charge >= 0.3 is 18.0 Å². The van der Waals surface area contributed by atoms with Gasteiger partial charge in [-0.15, -0.1) is 0 Å². The van der Waals surface area contributed by atoms with E-state index in [4.69, 9.17) is 33.4 Å². The summed E-state index contributed by atoms with van der Waals surface area (Å²) in [5.74, 6) is -3.10.